The van der Waals surface area contributed by atoms with Crippen LogP contribution in [-0.4, -0.2) is 27.6 Å². The van der Waals surface area contributed by atoms with E-state index in [0.29, 0.717) is 18.3 Å². The first-order valence-electron chi connectivity index (χ1n) is 8.85. The number of urea groups is 1. The molecule has 1 aliphatic rings. The number of anilines is 1. The molecule has 1 atom stereocenters. The summed E-state index contributed by atoms with van der Waals surface area (Å²) >= 11 is 0. The topological polar surface area (TPSA) is 71.3 Å². The molecule has 3 aromatic rings. The van der Waals surface area contributed by atoms with Gasteiger partial charge in [0.2, 0.25) is 11.7 Å². The van der Waals surface area contributed by atoms with E-state index < -0.39 is 5.82 Å². The molecule has 2 aromatic carbocycles. The quantitative estimate of drug-likeness (QED) is 0.738. The maximum absolute atomic E-state index is 13.8. The van der Waals surface area contributed by atoms with E-state index in [-0.39, 0.29) is 17.8 Å². The molecule has 2 amide bonds. The maximum atomic E-state index is 13.8. The first-order valence-corrected chi connectivity index (χ1v) is 8.85. The van der Waals surface area contributed by atoms with Crippen molar-refractivity contribution in [2.24, 2.45) is 0 Å². The summed E-state index contributed by atoms with van der Waals surface area (Å²) in [6.07, 6.45) is 1.54. The van der Waals surface area contributed by atoms with Crippen LogP contribution in [0.15, 0.2) is 53.1 Å². The van der Waals surface area contributed by atoms with Crippen LogP contribution in [0.25, 0.3) is 11.4 Å². The van der Waals surface area contributed by atoms with Crippen molar-refractivity contribution in [1.82, 2.24) is 15.0 Å². The average Bonchev–Trinajstić information content (AvgIpc) is 3.33. The normalized spacial score (nSPS) is 16.5. The highest BCUT2D eigenvalue weighted by Crippen LogP contribution is 2.33. The van der Waals surface area contributed by atoms with Gasteiger partial charge in [-0.25, -0.2) is 9.18 Å². The summed E-state index contributed by atoms with van der Waals surface area (Å²) in [5.74, 6) is 0.431. The number of aryl methyl sites for hydroxylation is 1. The lowest BCUT2D eigenvalue weighted by Crippen LogP contribution is -2.34. The second-order valence-electron chi connectivity index (χ2n) is 6.53. The summed E-state index contributed by atoms with van der Waals surface area (Å²) in [6.45, 7) is 2.53. The van der Waals surface area contributed by atoms with E-state index in [1.807, 2.05) is 31.2 Å². The second kappa shape index (κ2) is 7.19. The van der Waals surface area contributed by atoms with Crippen molar-refractivity contribution in [2.45, 2.75) is 25.8 Å². The highest BCUT2D eigenvalue weighted by molar-refractivity contribution is 5.89. The molecule has 4 rings (SSSR count). The van der Waals surface area contributed by atoms with Gasteiger partial charge in [0.25, 0.3) is 0 Å². The number of halogens is 1. The summed E-state index contributed by atoms with van der Waals surface area (Å²) in [7, 11) is 0. The molecule has 0 aliphatic carbocycles. The molecule has 138 valence electrons. The van der Waals surface area contributed by atoms with Gasteiger partial charge in [0.1, 0.15) is 11.9 Å². The first kappa shape index (κ1) is 17.2. The minimum absolute atomic E-state index is 0.152. The number of aromatic nitrogens is 2. The zero-order chi connectivity index (χ0) is 18.8. The van der Waals surface area contributed by atoms with Crippen molar-refractivity contribution >= 4 is 11.7 Å². The number of nitrogens with one attached hydrogen (secondary N) is 1. The van der Waals surface area contributed by atoms with Gasteiger partial charge < -0.3 is 14.7 Å². The molecule has 0 radical (unpaired) electrons. The fourth-order valence-corrected chi connectivity index (χ4v) is 3.32. The van der Waals surface area contributed by atoms with E-state index in [9.17, 15) is 9.18 Å². The minimum atomic E-state index is -0.471. The van der Waals surface area contributed by atoms with E-state index in [2.05, 4.69) is 15.5 Å². The second-order valence-corrected chi connectivity index (χ2v) is 6.53. The van der Waals surface area contributed by atoms with Gasteiger partial charge in [0.15, 0.2) is 0 Å². The van der Waals surface area contributed by atoms with Crippen molar-refractivity contribution < 1.29 is 13.7 Å². The Bertz CT molecular complexity index is 972. The van der Waals surface area contributed by atoms with Crippen LogP contribution in [0.4, 0.5) is 14.9 Å². The number of hydrogen-bond donors (Lipinski definition) is 1. The monoisotopic (exact) mass is 366 g/mol. The number of para-hydroxylation sites is 1. The van der Waals surface area contributed by atoms with E-state index >= 15 is 0 Å². The molecule has 0 unspecified atom stereocenters. The highest BCUT2D eigenvalue weighted by Gasteiger charge is 2.34. The zero-order valence-corrected chi connectivity index (χ0v) is 14.9. The number of carbonyl (C=O) groups excluding carboxylic acids is 1. The lowest BCUT2D eigenvalue weighted by molar-refractivity contribution is 0.193. The first-order chi connectivity index (χ1) is 13.1. The van der Waals surface area contributed by atoms with Crippen molar-refractivity contribution in [3.8, 4) is 11.4 Å². The Balaban J connectivity index is 1.54. The van der Waals surface area contributed by atoms with Gasteiger partial charge in [-0.2, -0.15) is 4.98 Å². The average molecular weight is 366 g/mol. The summed E-state index contributed by atoms with van der Waals surface area (Å²) < 4.78 is 19.3. The molecule has 1 aliphatic heterocycles. The standard InChI is InChI=1S/C20H19FN4O2/c1-13-7-2-3-8-14(13)18-23-19(27-24-18)17-11-6-12-25(17)20(26)22-16-10-5-4-9-15(16)21/h2-5,7-10,17H,6,11-12H2,1H3,(H,22,26)/t17-/m1/s1. The molecule has 0 spiro atoms. The summed E-state index contributed by atoms with van der Waals surface area (Å²) in [6, 6.07) is 13.2. The zero-order valence-electron chi connectivity index (χ0n) is 14.9. The third-order valence-corrected chi connectivity index (χ3v) is 4.74. The summed E-state index contributed by atoms with van der Waals surface area (Å²) in [4.78, 5) is 18.8. The fourth-order valence-electron chi connectivity index (χ4n) is 3.32. The van der Waals surface area contributed by atoms with E-state index in [0.717, 1.165) is 24.0 Å². The fraction of sp³-hybridized carbons (Fsp3) is 0.250. The third-order valence-electron chi connectivity index (χ3n) is 4.74. The Kier molecular flexibility index (Phi) is 4.58. The summed E-state index contributed by atoms with van der Waals surface area (Å²) in [5, 5.41) is 6.70. The molecule has 27 heavy (non-hydrogen) atoms. The highest BCUT2D eigenvalue weighted by atomic mass is 19.1. The molecule has 1 saturated heterocycles. The number of benzene rings is 2. The number of amides is 2. The van der Waals surface area contributed by atoms with Gasteiger partial charge >= 0.3 is 6.03 Å². The molecule has 2 heterocycles. The molecular weight excluding hydrogens is 347 g/mol. The van der Waals surface area contributed by atoms with Crippen LogP contribution in [0.3, 0.4) is 0 Å². The smallest absolute Gasteiger partial charge is 0.322 e. The Hall–Kier alpha value is -3.22. The van der Waals surface area contributed by atoms with Crippen LogP contribution in [0.5, 0.6) is 0 Å². The predicted octanol–water partition coefficient (Wildman–Crippen LogP) is 4.55. The van der Waals surface area contributed by atoms with Gasteiger partial charge in [-0.15, -0.1) is 0 Å². The predicted molar refractivity (Wildman–Crippen MR) is 98.6 cm³/mol. The molecule has 0 bridgehead atoms. The van der Waals surface area contributed by atoms with Gasteiger partial charge in [-0.05, 0) is 37.5 Å². The van der Waals surface area contributed by atoms with Gasteiger partial charge in [0, 0.05) is 12.1 Å². The lowest BCUT2D eigenvalue weighted by atomic mass is 10.1. The minimum Gasteiger partial charge on any atom is -0.337 e. The van der Waals surface area contributed by atoms with E-state index in [4.69, 9.17) is 4.52 Å². The molecule has 1 N–H and O–H groups in total. The van der Waals surface area contributed by atoms with Crippen molar-refractivity contribution in [1.29, 1.82) is 0 Å². The SMILES string of the molecule is Cc1ccccc1-c1noc([C@H]2CCCN2C(=O)Nc2ccccc2F)n1. The number of nitrogens with zero attached hydrogens (tertiary/aromatic N) is 3. The van der Waals surface area contributed by atoms with Crippen molar-refractivity contribution in [3.63, 3.8) is 0 Å². The molecule has 0 saturated carbocycles. The van der Waals surface area contributed by atoms with Crippen LogP contribution in [0, 0.1) is 12.7 Å². The Morgan fingerprint density at radius 1 is 1.22 bits per heavy atom. The van der Waals surface area contributed by atoms with E-state index in [1.165, 1.54) is 12.1 Å². The Morgan fingerprint density at radius 3 is 2.81 bits per heavy atom. The lowest BCUT2D eigenvalue weighted by Gasteiger charge is -2.22. The summed E-state index contributed by atoms with van der Waals surface area (Å²) in [5.41, 5.74) is 2.09. The largest absolute Gasteiger partial charge is 0.337 e. The Labute approximate surface area is 156 Å². The molecule has 6 nitrogen and oxygen atoms in total. The van der Waals surface area contributed by atoms with Crippen LogP contribution < -0.4 is 5.32 Å². The van der Waals surface area contributed by atoms with Gasteiger partial charge in [-0.1, -0.05) is 41.6 Å². The van der Waals surface area contributed by atoms with Crippen LogP contribution in [-0.2, 0) is 0 Å². The van der Waals surface area contributed by atoms with E-state index in [1.54, 1.807) is 17.0 Å². The molecule has 1 fully saturated rings. The molecule has 7 heteroatoms. The number of carbonyl (C=O) groups is 1. The Morgan fingerprint density at radius 2 is 2.00 bits per heavy atom. The van der Waals surface area contributed by atoms with Crippen molar-refractivity contribution in [3.05, 3.63) is 65.8 Å². The van der Waals surface area contributed by atoms with Gasteiger partial charge in [-0.3, -0.25) is 0 Å². The van der Waals surface area contributed by atoms with Crippen LogP contribution >= 0.6 is 0 Å². The number of likely N-dealkylation sites (tertiary alicyclic amines) is 1. The van der Waals surface area contributed by atoms with Crippen LogP contribution in [0.2, 0.25) is 0 Å². The number of hydrogen-bond acceptors (Lipinski definition) is 4. The maximum Gasteiger partial charge on any atom is 0.322 e. The van der Waals surface area contributed by atoms with Crippen LogP contribution in [0.1, 0.15) is 30.3 Å². The molecule has 1 aromatic heterocycles. The third kappa shape index (κ3) is 3.40. The van der Waals surface area contributed by atoms with Crippen molar-refractivity contribution in [2.75, 3.05) is 11.9 Å². The molecular formula is C20H19FN4O2. The van der Waals surface area contributed by atoms with Gasteiger partial charge in [0.05, 0.1) is 5.69 Å². The number of rotatable bonds is 3.